The minimum atomic E-state index is -0.395. The molecule has 22 heavy (non-hydrogen) atoms. The summed E-state index contributed by atoms with van der Waals surface area (Å²) < 4.78 is 1.05. The number of hydrogen-bond acceptors (Lipinski definition) is 6. The summed E-state index contributed by atoms with van der Waals surface area (Å²) in [6.07, 6.45) is 1.96. The summed E-state index contributed by atoms with van der Waals surface area (Å²) in [7, 11) is 0. The molecule has 1 amide bonds. The highest BCUT2D eigenvalue weighted by Gasteiger charge is 2.16. The summed E-state index contributed by atoms with van der Waals surface area (Å²) >= 11 is 3.00. The number of aryl methyl sites for hydroxylation is 1. The second-order valence-electron chi connectivity index (χ2n) is 4.50. The Labute approximate surface area is 134 Å². The lowest BCUT2D eigenvalue weighted by Crippen LogP contribution is -2.19. The molecule has 2 aromatic heterocycles. The predicted molar refractivity (Wildman–Crippen MR) is 88.9 cm³/mol. The van der Waals surface area contributed by atoms with Crippen LogP contribution in [0.4, 0.5) is 5.13 Å². The number of carbonyl (C=O) groups is 1. The van der Waals surface area contributed by atoms with E-state index in [1.165, 1.54) is 11.3 Å². The highest BCUT2D eigenvalue weighted by atomic mass is 32.2. The molecule has 0 aliphatic heterocycles. The molecule has 0 atom stereocenters. The number of amides is 1. The van der Waals surface area contributed by atoms with Crippen LogP contribution in [0.5, 0.6) is 0 Å². The SMILES string of the molecule is CSc1sc(NC(=O)c2n[nH]c(=O)c3ccccc23)nc1C. The lowest BCUT2D eigenvalue weighted by Gasteiger charge is -2.04. The average molecular weight is 332 g/mol. The maximum Gasteiger partial charge on any atom is 0.278 e. The van der Waals surface area contributed by atoms with E-state index in [4.69, 9.17) is 0 Å². The molecule has 0 saturated heterocycles. The number of thiazole rings is 1. The van der Waals surface area contributed by atoms with E-state index in [1.807, 2.05) is 13.2 Å². The molecule has 0 aliphatic carbocycles. The van der Waals surface area contributed by atoms with Gasteiger partial charge in [-0.3, -0.25) is 14.9 Å². The van der Waals surface area contributed by atoms with Crippen LogP contribution in [-0.4, -0.2) is 27.3 Å². The molecule has 0 saturated carbocycles. The van der Waals surface area contributed by atoms with Gasteiger partial charge in [-0.15, -0.1) is 11.8 Å². The Morgan fingerprint density at radius 1 is 1.32 bits per heavy atom. The van der Waals surface area contributed by atoms with Crippen LogP contribution in [0.3, 0.4) is 0 Å². The fourth-order valence-corrected chi connectivity index (χ4v) is 3.68. The number of thioether (sulfide) groups is 1. The van der Waals surface area contributed by atoms with Crippen molar-refractivity contribution in [3.63, 3.8) is 0 Å². The molecule has 0 spiro atoms. The van der Waals surface area contributed by atoms with E-state index in [0.717, 1.165) is 9.90 Å². The summed E-state index contributed by atoms with van der Waals surface area (Å²) in [4.78, 5) is 28.5. The standard InChI is InChI=1S/C14H12N4O2S2/c1-7-13(21-2)22-14(15-7)16-12(20)10-8-5-3-4-6-9(8)11(19)18-17-10/h3-6H,1-2H3,(H,18,19)(H,15,16,20). The highest BCUT2D eigenvalue weighted by Crippen LogP contribution is 2.30. The van der Waals surface area contributed by atoms with Crippen LogP contribution in [0.25, 0.3) is 10.8 Å². The third kappa shape index (κ3) is 2.62. The summed E-state index contributed by atoms with van der Waals surface area (Å²) in [6.45, 7) is 1.89. The molecular weight excluding hydrogens is 320 g/mol. The first kappa shape index (κ1) is 14.7. The highest BCUT2D eigenvalue weighted by molar-refractivity contribution is 8.00. The number of anilines is 1. The number of hydrogen-bond donors (Lipinski definition) is 2. The van der Waals surface area contributed by atoms with Crippen LogP contribution in [-0.2, 0) is 0 Å². The molecular formula is C14H12N4O2S2. The predicted octanol–water partition coefficient (Wildman–Crippen LogP) is 2.66. The lowest BCUT2D eigenvalue weighted by molar-refractivity contribution is 0.102. The molecule has 1 aromatic carbocycles. The van der Waals surface area contributed by atoms with E-state index in [9.17, 15) is 9.59 Å². The zero-order valence-electron chi connectivity index (χ0n) is 11.8. The normalized spacial score (nSPS) is 10.8. The van der Waals surface area contributed by atoms with Crippen molar-refractivity contribution in [2.24, 2.45) is 0 Å². The van der Waals surface area contributed by atoms with Gasteiger partial charge in [0.2, 0.25) is 0 Å². The van der Waals surface area contributed by atoms with Crippen molar-refractivity contribution in [3.8, 4) is 0 Å². The molecule has 0 radical (unpaired) electrons. The number of rotatable bonds is 3. The molecule has 0 unspecified atom stereocenters. The van der Waals surface area contributed by atoms with Crippen LogP contribution in [0, 0.1) is 6.92 Å². The summed E-state index contributed by atoms with van der Waals surface area (Å²) in [5.74, 6) is -0.395. The van der Waals surface area contributed by atoms with E-state index in [2.05, 4.69) is 20.5 Å². The topological polar surface area (TPSA) is 87.7 Å². The molecule has 3 aromatic rings. The van der Waals surface area contributed by atoms with Crippen LogP contribution in [0.2, 0.25) is 0 Å². The molecule has 8 heteroatoms. The quantitative estimate of drug-likeness (QED) is 0.720. The Morgan fingerprint density at radius 2 is 2.05 bits per heavy atom. The summed E-state index contributed by atoms with van der Waals surface area (Å²) in [6, 6.07) is 6.87. The van der Waals surface area contributed by atoms with Gasteiger partial charge in [-0.1, -0.05) is 29.5 Å². The van der Waals surface area contributed by atoms with Gasteiger partial charge in [-0.25, -0.2) is 10.1 Å². The van der Waals surface area contributed by atoms with Gasteiger partial charge in [0, 0.05) is 5.39 Å². The summed E-state index contributed by atoms with van der Waals surface area (Å²) in [5.41, 5.74) is 0.739. The second-order valence-corrected chi connectivity index (χ2v) is 6.57. The van der Waals surface area contributed by atoms with Crippen LogP contribution < -0.4 is 10.9 Å². The molecule has 112 valence electrons. The first-order valence-corrected chi connectivity index (χ1v) is 8.44. The number of nitrogens with one attached hydrogen (secondary N) is 2. The lowest BCUT2D eigenvalue weighted by atomic mass is 10.1. The number of aromatic amines is 1. The van der Waals surface area contributed by atoms with Crippen molar-refractivity contribution >= 4 is 44.9 Å². The summed E-state index contributed by atoms with van der Waals surface area (Å²) in [5, 5.41) is 10.4. The molecule has 0 bridgehead atoms. The first-order valence-electron chi connectivity index (χ1n) is 6.40. The van der Waals surface area contributed by atoms with Crippen molar-refractivity contribution in [3.05, 3.63) is 46.0 Å². The van der Waals surface area contributed by atoms with E-state index in [-0.39, 0.29) is 11.3 Å². The van der Waals surface area contributed by atoms with E-state index < -0.39 is 5.91 Å². The van der Waals surface area contributed by atoms with Gasteiger partial charge in [0.15, 0.2) is 10.8 Å². The number of nitrogens with zero attached hydrogens (tertiary/aromatic N) is 2. The Bertz CT molecular complexity index is 917. The Morgan fingerprint density at radius 3 is 2.73 bits per heavy atom. The van der Waals surface area contributed by atoms with Gasteiger partial charge < -0.3 is 0 Å². The maximum atomic E-state index is 12.4. The smallest absolute Gasteiger partial charge is 0.278 e. The van der Waals surface area contributed by atoms with Crippen LogP contribution >= 0.6 is 23.1 Å². The molecule has 3 rings (SSSR count). The molecule has 6 nitrogen and oxygen atoms in total. The van der Waals surface area contributed by atoms with Gasteiger partial charge in [0.1, 0.15) is 0 Å². The molecule has 0 aliphatic rings. The van der Waals surface area contributed by atoms with Gasteiger partial charge in [-0.2, -0.15) is 5.10 Å². The van der Waals surface area contributed by atoms with E-state index in [1.54, 1.807) is 36.0 Å². The Balaban J connectivity index is 1.99. The zero-order valence-corrected chi connectivity index (χ0v) is 13.5. The van der Waals surface area contributed by atoms with Crippen LogP contribution in [0.1, 0.15) is 16.2 Å². The Hall–Kier alpha value is -2.19. The molecule has 2 N–H and O–H groups in total. The zero-order chi connectivity index (χ0) is 15.7. The van der Waals surface area contributed by atoms with Crippen molar-refractivity contribution in [2.75, 3.05) is 11.6 Å². The van der Waals surface area contributed by atoms with Crippen molar-refractivity contribution < 1.29 is 4.79 Å². The third-order valence-electron chi connectivity index (χ3n) is 3.07. The van der Waals surface area contributed by atoms with Crippen molar-refractivity contribution in [1.29, 1.82) is 0 Å². The fourth-order valence-electron chi connectivity index (χ4n) is 2.07. The molecule has 0 fully saturated rings. The van der Waals surface area contributed by atoms with Crippen molar-refractivity contribution in [2.45, 2.75) is 11.1 Å². The maximum absolute atomic E-state index is 12.4. The number of H-pyrrole nitrogens is 1. The van der Waals surface area contributed by atoms with E-state index >= 15 is 0 Å². The number of carbonyl (C=O) groups excluding carboxylic acids is 1. The Kier molecular flexibility index (Phi) is 3.95. The number of benzene rings is 1. The minimum Gasteiger partial charge on any atom is -0.296 e. The fraction of sp³-hybridized carbons (Fsp3) is 0.143. The second kappa shape index (κ2) is 5.90. The number of fused-ring (bicyclic) bond motifs is 1. The number of aromatic nitrogens is 3. The van der Waals surface area contributed by atoms with E-state index in [0.29, 0.717) is 15.9 Å². The minimum absolute atomic E-state index is 0.175. The average Bonchev–Trinajstić information content (AvgIpc) is 2.87. The third-order valence-corrected chi connectivity index (χ3v) is 5.35. The molecule has 2 heterocycles. The van der Waals surface area contributed by atoms with Crippen LogP contribution in [0.15, 0.2) is 33.3 Å². The van der Waals surface area contributed by atoms with Crippen molar-refractivity contribution in [1.82, 2.24) is 15.2 Å². The first-order chi connectivity index (χ1) is 10.6. The van der Waals surface area contributed by atoms with Gasteiger partial charge in [0.25, 0.3) is 11.5 Å². The van der Waals surface area contributed by atoms with Gasteiger partial charge in [0.05, 0.1) is 15.3 Å². The largest absolute Gasteiger partial charge is 0.296 e. The van der Waals surface area contributed by atoms with Gasteiger partial charge >= 0.3 is 0 Å². The van der Waals surface area contributed by atoms with Gasteiger partial charge in [-0.05, 0) is 19.2 Å². The monoisotopic (exact) mass is 332 g/mol.